The topological polar surface area (TPSA) is 237 Å². The van der Waals surface area contributed by atoms with Crippen LogP contribution in [0.4, 0.5) is 0 Å². The highest BCUT2D eigenvalue weighted by Gasteiger charge is 2.30. The molecule has 0 heterocycles. The number of carbonyl (C=O) groups excluding carboxylic acids is 4. The van der Waals surface area contributed by atoms with Gasteiger partial charge in [-0.1, -0.05) is 351 Å². The van der Waals surface area contributed by atoms with E-state index in [1.54, 1.807) is 0 Å². The minimum Gasteiger partial charge on any atom is -0.462 e. The second-order valence-electron chi connectivity index (χ2n) is 29.9. The molecule has 3 N–H and O–H groups in total. The highest BCUT2D eigenvalue weighted by Crippen LogP contribution is 2.45. The lowest BCUT2D eigenvalue weighted by Crippen LogP contribution is -2.30. The second kappa shape index (κ2) is 68.2. The molecule has 0 aliphatic carbocycles. The van der Waals surface area contributed by atoms with Gasteiger partial charge in [0, 0.05) is 25.7 Å². The molecule has 0 aliphatic heterocycles. The smallest absolute Gasteiger partial charge is 0.462 e. The standard InChI is InChI=1S/C79H154O17P2/c1-9-71(7)57-49-41-33-27-20-16-12-14-18-22-29-35-45-53-61-78(83)96-75(66-90-77(82)60-52-44-38-37-42-50-58-72(8)10-2)68-94-98(87,88)92-64-73(80)63-91-97(85,86)93-67-74(95-79(84)62-54-46-36-30-24-23-26-32-40-48-56-70(5)6)65-89-76(81)59-51-43-34-28-21-17-13-11-15-19-25-31-39-47-55-69(3)4/h69-75,80H,9-68H2,1-8H3,(H,85,86)(H,87,88)/t71?,72?,73-,74-,75-/m1/s1. The number of phosphoric acid groups is 2. The van der Waals surface area contributed by atoms with Gasteiger partial charge in [0.15, 0.2) is 12.2 Å². The summed E-state index contributed by atoms with van der Waals surface area (Å²) in [6.07, 6.45) is 54.1. The summed E-state index contributed by atoms with van der Waals surface area (Å²) in [4.78, 5) is 72.9. The highest BCUT2D eigenvalue weighted by molar-refractivity contribution is 7.47. The van der Waals surface area contributed by atoms with Crippen LogP contribution in [0, 0.1) is 23.7 Å². The van der Waals surface area contributed by atoms with Crippen molar-refractivity contribution in [3.63, 3.8) is 0 Å². The molecule has 0 fully saturated rings. The van der Waals surface area contributed by atoms with Crippen LogP contribution in [0.15, 0.2) is 0 Å². The van der Waals surface area contributed by atoms with Gasteiger partial charge in [0.2, 0.25) is 0 Å². The van der Waals surface area contributed by atoms with Gasteiger partial charge in [0.05, 0.1) is 26.4 Å². The van der Waals surface area contributed by atoms with Crippen molar-refractivity contribution in [1.29, 1.82) is 0 Å². The Morgan fingerprint density at radius 3 is 0.724 bits per heavy atom. The number of hydrogen-bond acceptors (Lipinski definition) is 15. The van der Waals surface area contributed by atoms with E-state index in [0.717, 1.165) is 120 Å². The molecule has 0 aromatic rings. The van der Waals surface area contributed by atoms with Crippen molar-refractivity contribution in [2.45, 2.75) is 420 Å². The number of ether oxygens (including phenoxy) is 4. The first kappa shape index (κ1) is 96.1. The van der Waals surface area contributed by atoms with Crippen LogP contribution < -0.4 is 0 Å². The van der Waals surface area contributed by atoms with Gasteiger partial charge in [0.25, 0.3) is 0 Å². The van der Waals surface area contributed by atoms with Crippen LogP contribution in [0.5, 0.6) is 0 Å². The fourth-order valence-corrected chi connectivity index (χ4v) is 13.6. The molecule has 17 nitrogen and oxygen atoms in total. The number of carbonyl (C=O) groups is 4. The van der Waals surface area contributed by atoms with Crippen molar-refractivity contribution in [1.82, 2.24) is 0 Å². The Labute approximate surface area is 600 Å². The molecule has 0 spiro atoms. The Hall–Kier alpha value is -1.94. The summed E-state index contributed by atoms with van der Waals surface area (Å²) >= 11 is 0. The summed E-state index contributed by atoms with van der Waals surface area (Å²) < 4.78 is 68.6. The lowest BCUT2D eigenvalue weighted by Gasteiger charge is -2.21. The third-order valence-electron chi connectivity index (χ3n) is 19.0. The molecule has 0 aromatic carbocycles. The Morgan fingerprint density at radius 1 is 0.286 bits per heavy atom. The third-order valence-corrected chi connectivity index (χ3v) is 20.9. The summed E-state index contributed by atoms with van der Waals surface area (Å²) in [6.45, 7) is 14.3. The molecule has 0 saturated carbocycles. The first-order chi connectivity index (χ1) is 47.2. The molecule has 98 heavy (non-hydrogen) atoms. The summed E-state index contributed by atoms with van der Waals surface area (Å²) in [5.74, 6) is 1.01. The van der Waals surface area contributed by atoms with Crippen LogP contribution in [0.1, 0.15) is 402 Å². The van der Waals surface area contributed by atoms with Crippen LogP contribution in [0.3, 0.4) is 0 Å². The van der Waals surface area contributed by atoms with E-state index in [2.05, 4.69) is 55.4 Å². The zero-order chi connectivity index (χ0) is 72.4. The molecule has 4 unspecified atom stereocenters. The largest absolute Gasteiger partial charge is 0.472 e. The predicted octanol–water partition coefficient (Wildman–Crippen LogP) is 23.2. The number of aliphatic hydroxyl groups is 1. The molecule has 0 aliphatic rings. The van der Waals surface area contributed by atoms with E-state index in [4.69, 9.17) is 37.0 Å². The van der Waals surface area contributed by atoms with E-state index in [9.17, 15) is 43.2 Å². The predicted molar refractivity (Wildman–Crippen MR) is 400 cm³/mol. The van der Waals surface area contributed by atoms with E-state index in [1.165, 1.54) is 199 Å². The van der Waals surface area contributed by atoms with Crippen LogP contribution >= 0.6 is 15.6 Å². The van der Waals surface area contributed by atoms with E-state index in [1.807, 2.05) is 0 Å². The fraction of sp³-hybridized carbons (Fsp3) is 0.949. The van der Waals surface area contributed by atoms with Crippen LogP contribution in [0.2, 0.25) is 0 Å². The summed E-state index contributed by atoms with van der Waals surface area (Å²) in [5, 5.41) is 10.6. The van der Waals surface area contributed by atoms with Gasteiger partial charge in [0.1, 0.15) is 19.3 Å². The minimum atomic E-state index is -4.96. The maximum absolute atomic E-state index is 13.1. The van der Waals surface area contributed by atoms with Crippen molar-refractivity contribution < 1.29 is 80.2 Å². The van der Waals surface area contributed by atoms with E-state index in [-0.39, 0.29) is 25.7 Å². The van der Waals surface area contributed by atoms with Crippen LogP contribution in [-0.2, 0) is 65.4 Å². The monoisotopic (exact) mass is 1440 g/mol. The average Bonchev–Trinajstić information content (AvgIpc) is 0.954. The minimum absolute atomic E-state index is 0.106. The van der Waals surface area contributed by atoms with Crippen molar-refractivity contribution in [2.75, 3.05) is 39.6 Å². The molecule has 0 amide bonds. The fourth-order valence-electron chi connectivity index (χ4n) is 12.0. The lowest BCUT2D eigenvalue weighted by molar-refractivity contribution is -0.161. The van der Waals surface area contributed by atoms with Gasteiger partial charge in [-0.15, -0.1) is 0 Å². The van der Waals surface area contributed by atoms with Crippen molar-refractivity contribution in [3.05, 3.63) is 0 Å². The lowest BCUT2D eigenvalue weighted by atomic mass is 9.99. The van der Waals surface area contributed by atoms with Gasteiger partial charge >= 0.3 is 39.5 Å². The average molecular weight is 1440 g/mol. The Morgan fingerprint density at radius 2 is 0.490 bits per heavy atom. The van der Waals surface area contributed by atoms with Crippen molar-refractivity contribution in [2.24, 2.45) is 23.7 Å². The number of esters is 4. The number of hydrogen-bond donors (Lipinski definition) is 3. The Kier molecular flexibility index (Phi) is 66.8. The quantitative estimate of drug-likeness (QED) is 0.0222. The number of phosphoric ester groups is 2. The molecular weight excluding hydrogens is 1280 g/mol. The van der Waals surface area contributed by atoms with Gasteiger partial charge in [-0.2, -0.15) is 0 Å². The van der Waals surface area contributed by atoms with E-state index in [0.29, 0.717) is 25.7 Å². The van der Waals surface area contributed by atoms with Crippen molar-refractivity contribution in [3.8, 4) is 0 Å². The molecule has 0 rings (SSSR count). The van der Waals surface area contributed by atoms with Crippen LogP contribution in [0.25, 0.3) is 0 Å². The molecule has 582 valence electrons. The van der Waals surface area contributed by atoms with Gasteiger partial charge in [-0.3, -0.25) is 37.3 Å². The first-order valence-corrected chi connectivity index (χ1v) is 43.8. The maximum Gasteiger partial charge on any atom is 0.472 e. The molecular formula is C79H154O17P2. The number of aliphatic hydroxyl groups excluding tert-OH is 1. The normalized spacial score (nSPS) is 14.6. The summed E-state index contributed by atoms with van der Waals surface area (Å²) in [6, 6.07) is 0. The van der Waals surface area contributed by atoms with Gasteiger partial charge in [-0.25, -0.2) is 9.13 Å². The van der Waals surface area contributed by atoms with Gasteiger partial charge in [-0.05, 0) is 49.4 Å². The SMILES string of the molecule is CCC(C)CCCCCCCCCCCCCCCCC(=O)O[C@H](COC(=O)CCCCCCCCC(C)CC)COP(=O)(O)OC[C@H](O)COP(=O)(O)OC[C@@H](COC(=O)CCCCCCCCCCCCCCCCC(C)C)OC(=O)CCCCCCCCCCCCC(C)C. The Bertz CT molecular complexity index is 1920. The summed E-state index contributed by atoms with van der Waals surface area (Å²) in [5.41, 5.74) is 0. The molecule has 0 saturated heterocycles. The molecule has 0 bridgehead atoms. The highest BCUT2D eigenvalue weighted by atomic mass is 31.2. The zero-order valence-electron chi connectivity index (χ0n) is 64.4. The Balaban J connectivity index is 5.23. The third kappa shape index (κ3) is 69.8. The van der Waals surface area contributed by atoms with Gasteiger partial charge < -0.3 is 33.8 Å². The first-order valence-electron chi connectivity index (χ1n) is 40.8. The van der Waals surface area contributed by atoms with Crippen molar-refractivity contribution >= 4 is 39.5 Å². The second-order valence-corrected chi connectivity index (χ2v) is 32.8. The summed E-state index contributed by atoms with van der Waals surface area (Å²) in [7, 11) is -9.92. The number of unbranched alkanes of at least 4 members (excludes halogenated alkanes) is 40. The molecule has 7 atom stereocenters. The molecule has 0 radical (unpaired) electrons. The van der Waals surface area contributed by atoms with Crippen LogP contribution in [-0.4, -0.2) is 96.7 Å². The van der Waals surface area contributed by atoms with E-state index >= 15 is 0 Å². The van der Waals surface area contributed by atoms with E-state index < -0.39 is 97.5 Å². The number of rotatable bonds is 76. The zero-order valence-corrected chi connectivity index (χ0v) is 66.2. The maximum atomic E-state index is 13.1. The molecule has 0 aromatic heterocycles. The molecule has 19 heteroatoms.